The van der Waals surface area contributed by atoms with Crippen LogP contribution in [0.25, 0.3) is 10.9 Å². The largest absolute Gasteiger partial charge is 0.496 e. The monoisotopic (exact) mass is 512 g/mol. The minimum Gasteiger partial charge on any atom is -0.496 e. The molecule has 0 saturated heterocycles. The van der Waals surface area contributed by atoms with Gasteiger partial charge in [-0.2, -0.15) is 5.26 Å². The van der Waals surface area contributed by atoms with Gasteiger partial charge in [-0.1, -0.05) is 36.4 Å². The number of nitrogens with one attached hydrogen (secondary N) is 2. The summed E-state index contributed by atoms with van der Waals surface area (Å²) in [5.41, 5.74) is 3.44. The lowest BCUT2D eigenvalue weighted by Gasteiger charge is -2.28. The summed E-state index contributed by atoms with van der Waals surface area (Å²) in [7, 11) is 1.60. The van der Waals surface area contributed by atoms with Gasteiger partial charge in [-0.25, -0.2) is 0 Å². The standard InChI is InChI=1S/C30H30N4O4.H2/c1-21(35)34(18-23-7-3-6-10-29(23)37-2)19-25(15-24-17-32-28-9-5-4-8-27(24)28)33-30(36)20-38-26-13-11-22(16-31)12-14-26;/h3-14,17,25,32H,15,18-20H2,1-2H3,(H,33,36);1H. The maximum absolute atomic E-state index is 12.9. The van der Waals surface area contributed by atoms with Crippen molar-refractivity contribution >= 4 is 22.7 Å². The molecule has 0 saturated carbocycles. The molecule has 38 heavy (non-hydrogen) atoms. The quantitative estimate of drug-likeness (QED) is 0.309. The summed E-state index contributed by atoms with van der Waals surface area (Å²) in [4.78, 5) is 30.6. The van der Waals surface area contributed by atoms with Gasteiger partial charge in [0, 0.05) is 44.1 Å². The lowest BCUT2D eigenvalue weighted by atomic mass is 10.0. The fourth-order valence-corrected chi connectivity index (χ4v) is 4.38. The first-order valence-corrected chi connectivity index (χ1v) is 12.3. The van der Waals surface area contributed by atoms with Crippen LogP contribution >= 0.6 is 0 Å². The Bertz CT molecular complexity index is 1450. The molecule has 1 heterocycles. The molecule has 0 spiro atoms. The summed E-state index contributed by atoms with van der Waals surface area (Å²) in [5, 5.41) is 13.1. The first kappa shape index (κ1) is 26.3. The van der Waals surface area contributed by atoms with Crippen molar-refractivity contribution < 1.29 is 20.5 Å². The molecule has 196 valence electrons. The van der Waals surface area contributed by atoms with Crippen LogP contribution in [-0.4, -0.2) is 48.0 Å². The van der Waals surface area contributed by atoms with E-state index in [0.29, 0.717) is 36.6 Å². The summed E-state index contributed by atoms with van der Waals surface area (Å²) >= 11 is 0. The number of carbonyl (C=O) groups is 2. The Kier molecular flexibility index (Phi) is 8.62. The summed E-state index contributed by atoms with van der Waals surface area (Å²) in [5.74, 6) is 0.781. The maximum atomic E-state index is 12.9. The molecule has 4 aromatic rings. The van der Waals surface area contributed by atoms with Crippen molar-refractivity contribution in [2.75, 3.05) is 20.3 Å². The molecular weight excluding hydrogens is 480 g/mol. The van der Waals surface area contributed by atoms with Gasteiger partial charge in [-0.05, 0) is 48.4 Å². The zero-order valence-electron chi connectivity index (χ0n) is 21.4. The molecule has 2 amide bonds. The van der Waals surface area contributed by atoms with E-state index in [2.05, 4.69) is 16.4 Å². The van der Waals surface area contributed by atoms with E-state index in [1.165, 1.54) is 6.92 Å². The number of ether oxygens (including phenoxy) is 2. The number of nitriles is 1. The normalized spacial score (nSPS) is 11.4. The van der Waals surface area contributed by atoms with Crippen molar-refractivity contribution in [1.29, 1.82) is 5.26 Å². The van der Waals surface area contributed by atoms with E-state index in [1.54, 1.807) is 36.3 Å². The van der Waals surface area contributed by atoms with Crippen LogP contribution in [0.3, 0.4) is 0 Å². The van der Waals surface area contributed by atoms with Crippen LogP contribution in [0, 0.1) is 11.3 Å². The van der Waals surface area contributed by atoms with Gasteiger partial charge in [-0.3, -0.25) is 9.59 Å². The predicted octanol–water partition coefficient (Wildman–Crippen LogP) is 4.45. The fourth-order valence-electron chi connectivity index (χ4n) is 4.38. The third-order valence-electron chi connectivity index (χ3n) is 6.30. The topological polar surface area (TPSA) is 107 Å². The minimum atomic E-state index is -0.370. The van der Waals surface area contributed by atoms with Gasteiger partial charge >= 0.3 is 0 Å². The number of carbonyl (C=O) groups excluding carboxylic acids is 2. The summed E-state index contributed by atoms with van der Waals surface area (Å²) in [6.45, 7) is 1.98. The Morgan fingerprint density at radius 2 is 1.79 bits per heavy atom. The number of H-pyrrole nitrogens is 1. The second-order valence-electron chi connectivity index (χ2n) is 8.96. The molecule has 2 N–H and O–H groups in total. The molecule has 0 aliphatic carbocycles. The molecule has 4 rings (SSSR count). The first-order valence-electron chi connectivity index (χ1n) is 12.3. The van der Waals surface area contributed by atoms with E-state index < -0.39 is 0 Å². The van der Waals surface area contributed by atoms with E-state index in [1.807, 2.05) is 54.7 Å². The second-order valence-corrected chi connectivity index (χ2v) is 8.96. The number of hydrogen-bond acceptors (Lipinski definition) is 5. The van der Waals surface area contributed by atoms with E-state index in [9.17, 15) is 9.59 Å². The van der Waals surface area contributed by atoms with Gasteiger partial charge in [0.2, 0.25) is 5.91 Å². The molecule has 0 aliphatic rings. The van der Waals surface area contributed by atoms with Gasteiger partial charge in [0.1, 0.15) is 11.5 Å². The van der Waals surface area contributed by atoms with Crippen LogP contribution in [0.5, 0.6) is 11.5 Å². The Morgan fingerprint density at radius 3 is 2.53 bits per heavy atom. The number of nitrogens with zero attached hydrogens (tertiary/aromatic N) is 2. The van der Waals surface area contributed by atoms with Crippen molar-refractivity contribution in [2.24, 2.45) is 0 Å². The molecule has 1 atom stereocenters. The van der Waals surface area contributed by atoms with Crippen LogP contribution in [0.4, 0.5) is 0 Å². The molecule has 0 radical (unpaired) electrons. The summed E-state index contributed by atoms with van der Waals surface area (Å²) in [6.07, 6.45) is 2.46. The van der Waals surface area contributed by atoms with Crippen LogP contribution in [-0.2, 0) is 22.6 Å². The summed E-state index contributed by atoms with van der Waals surface area (Å²) in [6, 6.07) is 23.8. The van der Waals surface area contributed by atoms with E-state index in [0.717, 1.165) is 22.0 Å². The highest BCUT2D eigenvalue weighted by Gasteiger charge is 2.22. The number of rotatable bonds is 11. The van der Waals surface area contributed by atoms with Gasteiger partial charge in [0.05, 0.1) is 24.8 Å². The number of hydrogen-bond donors (Lipinski definition) is 2. The number of fused-ring (bicyclic) bond motifs is 1. The lowest BCUT2D eigenvalue weighted by Crippen LogP contribution is -2.47. The fraction of sp³-hybridized carbons (Fsp3) is 0.233. The Balaban J connectivity index is 0.00000420. The van der Waals surface area contributed by atoms with Crippen molar-refractivity contribution in [2.45, 2.75) is 25.9 Å². The molecule has 1 unspecified atom stereocenters. The molecule has 8 nitrogen and oxygen atoms in total. The van der Waals surface area contributed by atoms with Gasteiger partial charge in [-0.15, -0.1) is 0 Å². The summed E-state index contributed by atoms with van der Waals surface area (Å²) < 4.78 is 11.1. The Labute approximate surface area is 223 Å². The third kappa shape index (κ3) is 6.71. The minimum absolute atomic E-state index is 0. The number of amides is 2. The number of aromatic amines is 1. The molecule has 1 aromatic heterocycles. The molecule has 3 aromatic carbocycles. The average molecular weight is 513 g/mol. The van der Waals surface area contributed by atoms with Crippen LogP contribution < -0.4 is 14.8 Å². The highest BCUT2D eigenvalue weighted by Crippen LogP contribution is 2.22. The molecule has 0 bridgehead atoms. The predicted molar refractivity (Wildman–Crippen MR) is 147 cm³/mol. The zero-order valence-corrected chi connectivity index (χ0v) is 21.4. The third-order valence-corrected chi connectivity index (χ3v) is 6.30. The van der Waals surface area contributed by atoms with Gasteiger partial charge in [0.25, 0.3) is 5.91 Å². The molecule has 8 heteroatoms. The van der Waals surface area contributed by atoms with Crippen LogP contribution in [0.1, 0.15) is 25.0 Å². The Hall–Kier alpha value is -4.77. The smallest absolute Gasteiger partial charge is 0.258 e. The van der Waals surface area contributed by atoms with E-state index >= 15 is 0 Å². The van der Waals surface area contributed by atoms with Crippen molar-refractivity contribution in [3.63, 3.8) is 0 Å². The molecule has 0 fully saturated rings. The van der Waals surface area contributed by atoms with Gasteiger partial charge < -0.3 is 24.7 Å². The second kappa shape index (κ2) is 12.5. The lowest BCUT2D eigenvalue weighted by molar-refractivity contribution is -0.131. The first-order chi connectivity index (χ1) is 18.5. The number of para-hydroxylation sites is 2. The number of aromatic nitrogens is 1. The van der Waals surface area contributed by atoms with Crippen LogP contribution in [0.15, 0.2) is 79.0 Å². The molecule has 0 aliphatic heterocycles. The van der Waals surface area contributed by atoms with Crippen molar-refractivity contribution in [3.8, 4) is 17.6 Å². The van der Waals surface area contributed by atoms with Crippen LogP contribution in [0.2, 0.25) is 0 Å². The highest BCUT2D eigenvalue weighted by atomic mass is 16.5. The zero-order chi connectivity index (χ0) is 26.9. The SMILES string of the molecule is COc1ccccc1CN(CC(Cc1c[nH]c2ccccc12)NC(=O)COc1ccc(C#N)cc1)C(C)=O.[HH]. The maximum Gasteiger partial charge on any atom is 0.258 e. The number of methoxy groups -OCH3 is 1. The molecular formula is C30H32N4O4. The van der Waals surface area contributed by atoms with Crippen molar-refractivity contribution in [1.82, 2.24) is 15.2 Å². The van der Waals surface area contributed by atoms with Gasteiger partial charge in [0.15, 0.2) is 6.61 Å². The van der Waals surface area contributed by atoms with E-state index in [4.69, 9.17) is 14.7 Å². The average Bonchev–Trinajstić information content (AvgIpc) is 3.34. The van der Waals surface area contributed by atoms with E-state index in [-0.39, 0.29) is 25.9 Å². The van der Waals surface area contributed by atoms with Crippen molar-refractivity contribution in [3.05, 3.63) is 95.7 Å². The number of benzene rings is 3. The Morgan fingerprint density at radius 1 is 1.05 bits per heavy atom. The highest BCUT2D eigenvalue weighted by molar-refractivity contribution is 5.83.